The number of ether oxygens (including phenoxy) is 1. The minimum Gasteiger partial charge on any atom is -0.379 e. The molecule has 1 aliphatic heterocycles. The number of anilines is 1. The molecule has 2 aliphatic rings. The Balaban J connectivity index is 1.35. The van der Waals surface area contributed by atoms with Crippen LogP contribution in [0.3, 0.4) is 0 Å². The quantitative estimate of drug-likeness (QED) is 0.673. The Labute approximate surface area is 134 Å². The van der Waals surface area contributed by atoms with Gasteiger partial charge in [0.2, 0.25) is 11.8 Å². The number of nitrogens with zero attached hydrogens (tertiary/aromatic N) is 4. The van der Waals surface area contributed by atoms with Gasteiger partial charge in [0.05, 0.1) is 19.4 Å². The number of rotatable bonds is 7. The molecule has 0 spiro atoms. The highest BCUT2D eigenvalue weighted by molar-refractivity contribution is 5.93. The monoisotopic (exact) mass is 322 g/mol. The molecule has 0 unspecified atom stereocenters. The van der Waals surface area contributed by atoms with Gasteiger partial charge in [-0.1, -0.05) is 5.21 Å². The summed E-state index contributed by atoms with van der Waals surface area (Å²) in [4.78, 5) is 25.7. The maximum absolute atomic E-state index is 11.9. The molecule has 9 heteroatoms. The van der Waals surface area contributed by atoms with E-state index in [0.29, 0.717) is 12.4 Å². The second-order valence-corrected chi connectivity index (χ2v) is 5.87. The largest absolute Gasteiger partial charge is 0.379 e. The lowest BCUT2D eigenvalue weighted by Crippen LogP contribution is -2.41. The van der Waals surface area contributed by atoms with Crippen molar-refractivity contribution in [1.82, 2.24) is 25.2 Å². The van der Waals surface area contributed by atoms with Crippen molar-refractivity contribution in [2.24, 2.45) is 5.92 Å². The molecule has 9 nitrogen and oxygen atoms in total. The maximum Gasteiger partial charge on any atom is 0.241 e. The topological polar surface area (TPSA) is 101 Å². The van der Waals surface area contributed by atoms with Crippen molar-refractivity contribution in [2.75, 3.05) is 44.7 Å². The van der Waals surface area contributed by atoms with Gasteiger partial charge in [-0.05, 0) is 12.8 Å². The SMILES string of the molecule is O=C(Cn1cc(NC(=O)C2CC2)nn1)NCCN1CCOCC1. The molecule has 1 aromatic heterocycles. The molecule has 2 heterocycles. The van der Waals surface area contributed by atoms with Crippen LogP contribution in [0.15, 0.2) is 6.20 Å². The zero-order valence-corrected chi connectivity index (χ0v) is 13.0. The highest BCUT2D eigenvalue weighted by Crippen LogP contribution is 2.29. The first-order valence-corrected chi connectivity index (χ1v) is 7.98. The van der Waals surface area contributed by atoms with E-state index in [1.807, 2.05) is 0 Å². The number of nitrogens with one attached hydrogen (secondary N) is 2. The second kappa shape index (κ2) is 7.51. The summed E-state index contributed by atoms with van der Waals surface area (Å²) in [6.45, 7) is 4.82. The summed E-state index contributed by atoms with van der Waals surface area (Å²) in [5, 5.41) is 13.3. The second-order valence-electron chi connectivity index (χ2n) is 5.87. The molecule has 23 heavy (non-hydrogen) atoms. The third-order valence-corrected chi connectivity index (χ3v) is 3.90. The molecule has 126 valence electrons. The molecule has 3 rings (SSSR count). The van der Waals surface area contributed by atoms with Gasteiger partial charge in [-0.2, -0.15) is 0 Å². The van der Waals surface area contributed by atoms with Crippen LogP contribution in [0.4, 0.5) is 5.82 Å². The van der Waals surface area contributed by atoms with E-state index >= 15 is 0 Å². The van der Waals surface area contributed by atoms with Crippen molar-refractivity contribution in [2.45, 2.75) is 19.4 Å². The van der Waals surface area contributed by atoms with Gasteiger partial charge in [-0.25, -0.2) is 4.68 Å². The molecule has 1 aliphatic carbocycles. The standard InChI is InChI=1S/C14H22N6O3/c21-13(15-3-4-19-5-7-23-8-6-19)10-20-9-12(17-18-20)16-14(22)11-1-2-11/h9,11H,1-8,10H2,(H,15,21)(H,16,22). The van der Waals surface area contributed by atoms with Crippen LogP contribution in [0.2, 0.25) is 0 Å². The Morgan fingerprint density at radius 1 is 1.30 bits per heavy atom. The molecular weight excluding hydrogens is 300 g/mol. The highest BCUT2D eigenvalue weighted by atomic mass is 16.5. The third kappa shape index (κ3) is 5.00. The Morgan fingerprint density at radius 2 is 2.09 bits per heavy atom. The lowest BCUT2D eigenvalue weighted by Gasteiger charge is -2.26. The summed E-state index contributed by atoms with van der Waals surface area (Å²) in [5.74, 6) is 0.363. The van der Waals surface area contributed by atoms with Crippen LogP contribution >= 0.6 is 0 Å². The van der Waals surface area contributed by atoms with Crippen LogP contribution in [0, 0.1) is 5.92 Å². The van der Waals surface area contributed by atoms with Crippen molar-refractivity contribution in [3.05, 3.63) is 6.20 Å². The first-order valence-electron chi connectivity index (χ1n) is 7.98. The third-order valence-electron chi connectivity index (χ3n) is 3.90. The number of hydrogen-bond acceptors (Lipinski definition) is 6. The molecule has 1 saturated heterocycles. The van der Waals surface area contributed by atoms with Crippen molar-refractivity contribution >= 4 is 17.6 Å². The molecule has 2 N–H and O–H groups in total. The van der Waals surface area contributed by atoms with Crippen molar-refractivity contribution in [3.63, 3.8) is 0 Å². The van der Waals surface area contributed by atoms with E-state index in [-0.39, 0.29) is 24.3 Å². The van der Waals surface area contributed by atoms with Gasteiger partial charge in [-0.15, -0.1) is 5.10 Å². The predicted octanol–water partition coefficient (Wildman–Crippen LogP) is -0.925. The minimum absolute atomic E-state index is 0.0213. The van der Waals surface area contributed by atoms with Crippen LogP contribution in [0.1, 0.15) is 12.8 Å². The van der Waals surface area contributed by atoms with E-state index in [4.69, 9.17) is 4.74 Å². The summed E-state index contributed by atoms with van der Waals surface area (Å²) < 4.78 is 6.70. The Kier molecular flexibility index (Phi) is 5.19. The molecule has 0 bridgehead atoms. The van der Waals surface area contributed by atoms with Gasteiger partial charge in [0.1, 0.15) is 6.54 Å². The van der Waals surface area contributed by atoms with E-state index in [2.05, 4.69) is 25.8 Å². The van der Waals surface area contributed by atoms with Crippen molar-refractivity contribution < 1.29 is 14.3 Å². The maximum atomic E-state index is 11.9. The highest BCUT2D eigenvalue weighted by Gasteiger charge is 2.30. The average Bonchev–Trinajstić information content (AvgIpc) is 3.31. The summed E-state index contributed by atoms with van der Waals surface area (Å²) in [7, 11) is 0. The lowest BCUT2D eigenvalue weighted by molar-refractivity contribution is -0.122. The van der Waals surface area contributed by atoms with E-state index in [1.165, 1.54) is 4.68 Å². The first kappa shape index (κ1) is 15.9. The fraction of sp³-hybridized carbons (Fsp3) is 0.714. The smallest absolute Gasteiger partial charge is 0.241 e. The number of carbonyl (C=O) groups excluding carboxylic acids is 2. The fourth-order valence-electron chi connectivity index (χ4n) is 2.39. The van der Waals surface area contributed by atoms with E-state index in [0.717, 1.165) is 45.7 Å². The Morgan fingerprint density at radius 3 is 2.83 bits per heavy atom. The van der Waals surface area contributed by atoms with Gasteiger partial charge in [0.15, 0.2) is 5.82 Å². The molecule has 1 aromatic rings. The van der Waals surface area contributed by atoms with E-state index in [1.54, 1.807) is 6.20 Å². The van der Waals surface area contributed by atoms with Gasteiger partial charge in [-0.3, -0.25) is 14.5 Å². The van der Waals surface area contributed by atoms with Crippen LogP contribution in [-0.4, -0.2) is 71.1 Å². The van der Waals surface area contributed by atoms with Gasteiger partial charge in [0, 0.05) is 32.1 Å². The Hall–Kier alpha value is -2.00. The summed E-state index contributed by atoms with van der Waals surface area (Å²) >= 11 is 0. The first-order chi connectivity index (χ1) is 11.2. The predicted molar refractivity (Wildman–Crippen MR) is 81.6 cm³/mol. The van der Waals surface area contributed by atoms with Crippen LogP contribution < -0.4 is 10.6 Å². The number of amides is 2. The summed E-state index contributed by atoms with van der Waals surface area (Å²) in [6, 6.07) is 0. The molecule has 1 saturated carbocycles. The molecule has 0 radical (unpaired) electrons. The number of morpholine rings is 1. The van der Waals surface area contributed by atoms with E-state index < -0.39 is 0 Å². The summed E-state index contributed by atoms with van der Waals surface area (Å²) in [6.07, 6.45) is 3.44. The van der Waals surface area contributed by atoms with Crippen LogP contribution in [0.5, 0.6) is 0 Å². The number of aromatic nitrogens is 3. The van der Waals surface area contributed by atoms with Gasteiger partial charge < -0.3 is 15.4 Å². The zero-order chi connectivity index (χ0) is 16.1. The van der Waals surface area contributed by atoms with Crippen LogP contribution in [-0.2, 0) is 20.9 Å². The molecule has 2 amide bonds. The zero-order valence-electron chi connectivity index (χ0n) is 13.0. The number of hydrogen-bond donors (Lipinski definition) is 2. The van der Waals surface area contributed by atoms with Gasteiger partial charge >= 0.3 is 0 Å². The fourth-order valence-corrected chi connectivity index (χ4v) is 2.39. The van der Waals surface area contributed by atoms with E-state index in [9.17, 15) is 9.59 Å². The molecule has 0 atom stereocenters. The average molecular weight is 322 g/mol. The lowest BCUT2D eigenvalue weighted by atomic mass is 10.4. The molecule has 2 fully saturated rings. The molecule has 0 aromatic carbocycles. The normalized spacial score (nSPS) is 18.6. The molecular formula is C14H22N6O3. The minimum atomic E-state index is -0.122. The number of carbonyl (C=O) groups is 2. The summed E-state index contributed by atoms with van der Waals surface area (Å²) in [5.41, 5.74) is 0. The van der Waals surface area contributed by atoms with Crippen molar-refractivity contribution in [3.8, 4) is 0 Å². The van der Waals surface area contributed by atoms with Gasteiger partial charge in [0.25, 0.3) is 0 Å². The Bertz CT molecular complexity index is 550. The van der Waals surface area contributed by atoms with Crippen LogP contribution in [0.25, 0.3) is 0 Å². The van der Waals surface area contributed by atoms with Crippen molar-refractivity contribution in [1.29, 1.82) is 0 Å².